The molecule has 2 saturated heterocycles. The van der Waals surface area contributed by atoms with Crippen LogP contribution in [0.25, 0.3) is 0 Å². The Balaban J connectivity index is 0.00000312. The van der Waals surface area contributed by atoms with Crippen LogP contribution in [0, 0.1) is 5.41 Å². The fourth-order valence-corrected chi connectivity index (χ4v) is 6.16. The molecule has 0 aromatic rings. The molecule has 1 unspecified atom stereocenters. The fraction of sp³-hybridized carbons (Fsp3) is 1.00. The molecule has 0 amide bonds. The van der Waals surface area contributed by atoms with Crippen LogP contribution >= 0.6 is 7.52 Å². The van der Waals surface area contributed by atoms with Gasteiger partial charge in [-0.3, -0.25) is 9.46 Å². The van der Waals surface area contributed by atoms with Crippen molar-refractivity contribution in [1.82, 2.24) is 14.9 Å². The first-order chi connectivity index (χ1) is 11.0. The molecule has 0 spiro atoms. The van der Waals surface area contributed by atoms with Gasteiger partial charge >= 0.3 is 0 Å². The van der Waals surface area contributed by atoms with Gasteiger partial charge in [0.2, 0.25) is 0 Å². The van der Waals surface area contributed by atoms with E-state index in [0.717, 1.165) is 39.3 Å². The highest BCUT2D eigenvalue weighted by atomic mass is 31.2. The summed E-state index contributed by atoms with van der Waals surface area (Å²) in [6.07, 6.45) is 2.47. The maximum atomic E-state index is 13.8. The molecule has 0 radical (unpaired) electrons. The molecule has 2 rings (SSSR count). The van der Waals surface area contributed by atoms with Crippen LogP contribution < -0.4 is 5.32 Å². The number of piperazine rings is 1. The Morgan fingerprint density at radius 2 is 1.46 bits per heavy atom. The number of nitrogens with zero attached hydrogens (tertiary/aromatic N) is 2. The highest BCUT2D eigenvalue weighted by molar-refractivity contribution is 7.58. The molecule has 2 heterocycles. The van der Waals surface area contributed by atoms with E-state index in [-0.39, 0.29) is 25.4 Å². The van der Waals surface area contributed by atoms with Crippen LogP contribution in [0.1, 0.15) is 69.2 Å². The van der Waals surface area contributed by atoms with Gasteiger partial charge in [0.15, 0.2) is 0 Å². The van der Waals surface area contributed by atoms with Crippen LogP contribution in [0.3, 0.4) is 0 Å². The van der Waals surface area contributed by atoms with Gasteiger partial charge in [-0.2, -0.15) is 0 Å². The summed E-state index contributed by atoms with van der Waals surface area (Å²) >= 11 is 0. The van der Waals surface area contributed by atoms with Crippen LogP contribution in [0.2, 0.25) is 0 Å². The maximum absolute atomic E-state index is 13.8. The minimum absolute atomic E-state index is 0. The van der Waals surface area contributed by atoms with Crippen molar-refractivity contribution in [3.8, 4) is 0 Å². The number of hydrogen-bond acceptors (Lipinski definition) is 4. The highest BCUT2D eigenvalue weighted by Crippen LogP contribution is 2.62. The zero-order chi connectivity index (χ0) is 18.0. The lowest BCUT2D eigenvalue weighted by Crippen LogP contribution is -2.53. The quantitative estimate of drug-likeness (QED) is 0.705. The van der Waals surface area contributed by atoms with Crippen molar-refractivity contribution in [3.05, 3.63) is 0 Å². The van der Waals surface area contributed by atoms with Crippen LogP contribution in [0.5, 0.6) is 0 Å². The molecule has 0 aliphatic carbocycles. The van der Waals surface area contributed by atoms with Crippen molar-refractivity contribution in [2.45, 2.75) is 80.4 Å². The van der Waals surface area contributed by atoms with Gasteiger partial charge < -0.3 is 9.84 Å². The summed E-state index contributed by atoms with van der Waals surface area (Å²) in [4.78, 5) is 2.59. The summed E-state index contributed by atoms with van der Waals surface area (Å²) in [6, 6.07) is 0.693. The number of nitrogens with one attached hydrogen (secondary N) is 1. The zero-order valence-corrected chi connectivity index (χ0v) is 17.5. The van der Waals surface area contributed by atoms with Crippen molar-refractivity contribution in [2.75, 3.05) is 45.9 Å². The summed E-state index contributed by atoms with van der Waals surface area (Å²) in [5.74, 6) is 0. The van der Waals surface area contributed by atoms with E-state index < -0.39 is 7.52 Å². The van der Waals surface area contributed by atoms with Gasteiger partial charge in [0.05, 0.1) is 11.8 Å². The van der Waals surface area contributed by atoms with Gasteiger partial charge in [0.25, 0.3) is 7.52 Å². The first kappa shape index (κ1) is 26.1. The molecule has 0 aromatic heterocycles. The van der Waals surface area contributed by atoms with Crippen molar-refractivity contribution in [1.29, 1.82) is 0 Å². The summed E-state index contributed by atoms with van der Waals surface area (Å²) in [6.45, 7) is 19.1. The fourth-order valence-electron chi connectivity index (χ4n) is 3.49. The third-order valence-electron chi connectivity index (χ3n) is 5.01. The van der Waals surface area contributed by atoms with Crippen molar-refractivity contribution >= 4 is 7.52 Å². The third-order valence-corrected chi connectivity index (χ3v) is 8.33. The minimum atomic E-state index is -2.85. The second kappa shape index (κ2) is 10.0. The monoisotopic (exact) mass is 391 g/mol. The predicted octanol–water partition coefficient (Wildman–Crippen LogP) is 4.68. The molecule has 1 N–H and O–H groups in total. The molecule has 0 bridgehead atoms. The van der Waals surface area contributed by atoms with E-state index in [0.29, 0.717) is 12.6 Å². The zero-order valence-electron chi connectivity index (χ0n) is 16.6. The summed E-state index contributed by atoms with van der Waals surface area (Å²) in [7, 11) is -2.85. The molecule has 0 saturated carbocycles. The Labute approximate surface area is 163 Å². The Kier molecular flexibility index (Phi) is 10.0. The van der Waals surface area contributed by atoms with Crippen LogP contribution in [0.15, 0.2) is 0 Å². The smallest absolute Gasteiger partial charge is 0.277 e. The lowest BCUT2D eigenvalue weighted by atomic mass is 9.99. The molecular formula is C20H46N3O2P. The highest BCUT2D eigenvalue weighted by Gasteiger charge is 2.45. The molecule has 1 atom stereocenters. The maximum Gasteiger partial charge on any atom is 0.277 e. The van der Waals surface area contributed by atoms with E-state index in [1.165, 1.54) is 12.8 Å². The van der Waals surface area contributed by atoms with Crippen molar-refractivity contribution < 1.29 is 9.09 Å². The van der Waals surface area contributed by atoms with E-state index in [2.05, 4.69) is 56.4 Å². The standard InChI is InChI=1S/C18H38N3O2P.2CH4/c1-17(2,3)15-23-24(22,18(4,5)6)21-13-11-20(12-14-21)16-7-9-19-10-8-16;;/h16,19H,7-15H2,1-6H3;2*1H4. The van der Waals surface area contributed by atoms with Crippen molar-refractivity contribution in [2.24, 2.45) is 5.41 Å². The van der Waals surface area contributed by atoms with E-state index in [1.807, 2.05) is 0 Å². The molecular weight excluding hydrogens is 345 g/mol. The van der Waals surface area contributed by atoms with Gasteiger partial charge in [0, 0.05) is 32.2 Å². The Morgan fingerprint density at radius 3 is 1.88 bits per heavy atom. The Morgan fingerprint density at radius 1 is 0.962 bits per heavy atom. The Hall–Kier alpha value is 0.0700. The SMILES string of the molecule is C.C.CC(C)(C)COP(=O)(N1CCN(C2CCNCC2)CC1)C(C)(C)C. The molecule has 26 heavy (non-hydrogen) atoms. The summed E-state index contributed by atoms with van der Waals surface area (Å²) in [5, 5.41) is 3.08. The molecule has 2 aliphatic rings. The second-order valence-corrected chi connectivity index (χ2v) is 12.7. The van der Waals surface area contributed by atoms with Gasteiger partial charge in [-0.1, -0.05) is 35.6 Å². The van der Waals surface area contributed by atoms with E-state index in [9.17, 15) is 4.57 Å². The number of piperidine rings is 1. The predicted molar refractivity (Wildman–Crippen MR) is 115 cm³/mol. The summed E-state index contributed by atoms with van der Waals surface area (Å²) in [5.41, 5.74) is 0.0256. The number of rotatable bonds is 4. The van der Waals surface area contributed by atoms with E-state index in [1.54, 1.807) is 0 Å². The number of hydrogen-bond donors (Lipinski definition) is 1. The second-order valence-electron chi connectivity index (χ2n) is 9.50. The average molecular weight is 392 g/mol. The van der Waals surface area contributed by atoms with E-state index in [4.69, 9.17) is 4.52 Å². The summed E-state index contributed by atoms with van der Waals surface area (Å²) < 4.78 is 22.1. The molecule has 158 valence electrons. The molecule has 5 nitrogen and oxygen atoms in total. The molecule has 2 aliphatic heterocycles. The van der Waals surface area contributed by atoms with Crippen molar-refractivity contribution in [3.63, 3.8) is 0 Å². The van der Waals surface area contributed by atoms with Gasteiger partial charge in [-0.05, 0) is 52.1 Å². The van der Waals surface area contributed by atoms with Gasteiger partial charge in [0.1, 0.15) is 0 Å². The lowest BCUT2D eigenvalue weighted by Gasteiger charge is -2.46. The lowest BCUT2D eigenvalue weighted by molar-refractivity contribution is 0.0978. The molecule has 6 heteroatoms. The average Bonchev–Trinajstić information content (AvgIpc) is 2.52. The molecule has 2 fully saturated rings. The first-order valence-electron chi connectivity index (χ1n) is 9.48. The topological polar surface area (TPSA) is 44.8 Å². The van der Waals surface area contributed by atoms with E-state index >= 15 is 0 Å². The van der Waals surface area contributed by atoms with Gasteiger partial charge in [-0.25, -0.2) is 4.67 Å². The van der Waals surface area contributed by atoms with Crippen LogP contribution in [-0.4, -0.2) is 66.6 Å². The largest absolute Gasteiger partial charge is 0.317 e. The van der Waals surface area contributed by atoms with Crippen LogP contribution in [-0.2, 0) is 9.09 Å². The first-order valence-corrected chi connectivity index (χ1v) is 11.1. The normalized spacial score (nSPS) is 23.6. The Bertz CT molecular complexity index is 443. The minimum Gasteiger partial charge on any atom is -0.317 e. The van der Waals surface area contributed by atoms with Crippen LogP contribution in [0.4, 0.5) is 0 Å². The third kappa shape index (κ3) is 6.60. The van der Waals surface area contributed by atoms with Gasteiger partial charge in [-0.15, -0.1) is 0 Å². The molecule has 0 aromatic carbocycles.